The first kappa shape index (κ1) is 15.4. The molecule has 0 aromatic heterocycles. The minimum Gasteiger partial charge on any atom is -0.389 e. The molecule has 0 bridgehead atoms. The summed E-state index contributed by atoms with van der Waals surface area (Å²) in [7, 11) is -3.31. The summed E-state index contributed by atoms with van der Waals surface area (Å²) in [5.74, 6) is -0.0165. The first-order valence-corrected chi connectivity index (χ1v) is 8.38. The van der Waals surface area contributed by atoms with E-state index in [-0.39, 0.29) is 11.9 Å². The SMILES string of the molecule is CC1CN(S(=O)(=O)Cc2ccc(C(N)=S)cc2)CCO1. The molecule has 2 rings (SSSR count). The quantitative estimate of drug-likeness (QED) is 0.835. The zero-order chi connectivity index (χ0) is 14.8. The molecule has 1 saturated heterocycles. The monoisotopic (exact) mass is 314 g/mol. The molecule has 1 atom stereocenters. The molecule has 20 heavy (non-hydrogen) atoms. The van der Waals surface area contributed by atoms with Crippen molar-refractivity contribution in [3.63, 3.8) is 0 Å². The van der Waals surface area contributed by atoms with E-state index in [0.29, 0.717) is 24.7 Å². The van der Waals surface area contributed by atoms with E-state index >= 15 is 0 Å². The zero-order valence-electron chi connectivity index (χ0n) is 11.3. The number of thiocarbonyl (C=S) groups is 1. The van der Waals surface area contributed by atoms with Gasteiger partial charge in [0, 0.05) is 18.7 Å². The third kappa shape index (κ3) is 3.76. The third-order valence-electron chi connectivity index (χ3n) is 3.18. The number of rotatable bonds is 4. The Morgan fingerprint density at radius 2 is 2.10 bits per heavy atom. The van der Waals surface area contributed by atoms with Gasteiger partial charge in [-0.3, -0.25) is 0 Å². The van der Waals surface area contributed by atoms with Crippen molar-refractivity contribution in [2.45, 2.75) is 18.8 Å². The smallest absolute Gasteiger partial charge is 0.218 e. The molecule has 1 heterocycles. The van der Waals surface area contributed by atoms with E-state index in [1.165, 1.54) is 4.31 Å². The Morgan fingerprint density at radius 3 is 2.65 bits per heavy atom. The molecule has 0 amide bonds. The summed E-state index contributed by atoms with van der Waals surface area (Å²) in [5, 5.41) is 0. The molecule has 1 aromatic carbocycles. The largest absolute Gasteiger partial charge is 0.389 e. The van der Waals surface area contributed by atoms with Crippen LogP contribution in [-0.2, 0) is 20.5 Å². The molecule has 7 heteroatoms. The van der Waals surface area contributed by atoms with Gasteiger partial charge in [0.05, 0.1) is 18.5 Å². The van der Waals surface area contributed by atoms with E-state index in [9.17, 15) is 8.42 Å². The number of nitrogens with zero attached hydrogens (tertiary/aromatic N) is 1. The summed E-state index contributed by atoms with van der Waals surface area (Å²) in [5.41, 5.74) is 6.98. The minimum absolute atomic E-state index is 0.0165. The van der Waals surface area contributed by atoms with Crippen LogP contribution in [0.2, 0.25) is 0 Å². The van der Waals surface area contributed by atoms with Crippen molar-refractivity contribution in [1.29, 1.82) is 0 Å². The molecule has 1 aliphatic heterocycles. The van der Waals surface area contributed by atoms with Gasteiger partial charge in [-0.25, -0.2) is 8.42 Å². The summed E-state index contributed by atoms with van der Waals surface area (Å²) in [6, 6.07) is 6.98. The van der Waals surface area contributed by atoms with Gasteiger partial charge >= 0.3 is 0 Å². The fourth-order valence-corrected chi connectivity index (χ4v) is 3.83. The number of morpholine rings is 1. The lowest BCUT2D eigenvalue weighted by molar-refractivity contribution is 0.0101. The second-order valence-electron chi connectivity index (χ2n) is 4.86. The van der Waals surface area contributed by atoms with Crippen molar-refractivity contribution in [3.8, 4) is 0 Å². The number of hydrogen-bond donors (Lipinski definition) is 1. The second kappa shape index (κ2) is 6.17. The van der Waals surface area contributed by atoms with Crippen LogP contribution in [0.5, 0.6) is 0 Å². The standard InChI is InChI=1S/C13H18N2O3S2/c1-10-8-15(6-7-18-10)20(16,17)9-11-2-4-12(5-3-11)13(14)19/h2-5,10H,6-9H2,1H3,(H2,14,19). The van der Waals surface area contributed by atoms with Crippen LogP contribution in [0, 0.1) is 0 Å². The number of nitrogens with two attached hydrogens (primary N) is 1. The van der Waals surface area contributed by atoms with Crippen LogP contribution in [0.1, 0.15) is 18.1 Å². The highest BCUT2D eigenvalue weighted by molar-refractivity contribution is 7.88. The van der Waals surface area contributed by atoms with Crippen LogP contribution < -0.4 is 5.73 Å². The van der Waals surface area contributed by atoms with Gasteiger partial charge in [0.2, 0.25) is 10.0 Å². The van der Waals surface area contributed by atoms with Gasteiger partial charge in [0.15, 0.2) is 0 Å². The molecule has 110 valence electrons. The molecule has 2 N–H and O–H groups in total. The third-order valence-corrected chi connectivity index (χ3v) is 5.24. The number of benzene rings is 1. The maximum atomic E-state index is 12.3. The van der Waals surface area contributed by atoms with E-state index in [1.54, 1.807) is 24.3 Å². The molecule has 1 aromatic rings. The Hall–Kier alpha value is -1.02. The molecule has 5 nitrogen and oxygen atoms in total. The predicted octanol–water partition coefficient (Wildman–Crippen LogP) is 0.871. The summed E-state index contributed by atoms with van der Waals surface area (Å²) < 4.78 is 31.5. The van der Waals surface area contributed by atoms with Gasteiger partial charge in [-0.2, -0.15) is 4.31 Å². The highest BCUT2D eigenvalue weighted by Gasteiger charge is 2.27. The average Bonchev–Trinajstić information content (AvgIpc) is 2.39. The zero-order valence-corrected chi connectivity index (χ0v) is 12.9. The van der Waals surface area contributed by atoms with Crippen LogP contribution in [0.4, 0.5) is 0 Å². The molecule has 0 aliphatic carbocycles. The Labute approximate surface area is 124 Å². The van der Waals surface area contributed by atoms with E-state index < -0.39 is 10.0 Å². The topological polar surface area (TPSA) is 72.6 Å². The van der Waals surface area contributed by atoms with Crippen molar-refractivity contribution in [3.05, 3.63) is 35.4 Å². The average molecular weight is 314 g/mol. The summed E-state index contributed by atoms with van der Waals surface area (Å²) in [4.78, 5) is 0.307. The maximum absolute atomic E-state index is 12.3. The molecular formula is C13H18N2O3S2. The van der Waals surface area contributed by atoms with Crippen LogP contribution >= 0.6 is 12.2 Å². The number of ether oxygens (including phenoxy) is 1. The molecule has 0 radical (unpaired) electrons. The van der Waals surface area contributed by atoms with E-state index in [4.69, 9.17) is 22.7 Å². The fraction of sp³-hybridized carbons (Fsp3) is 0.462. The van der Waals surface area contributed by atoms with Crippen molar-refractivity contribution in [2.24, 2.45) is 5.73 Å². The van der Waals surface area contributed by atoms with Crippen LogP contribution in [0.3, 0.4) is 0 Å². The molecular weight excluding hydrogens is 296 g/mol. The van der Waals surface area contributed by atoms with Gasteiger partial charge in [0.25, 0.3) is 0 Å². The Bertz CT molecular complexity index is 584. The molecule has 0 saturated carbocycles. The Kier molecular flexibility index (Phi) is 4.74. The van der Waals surface area contributed by atoms with E-state index in [1.807, 2.05) is 6.92 Å². The summed E-state index contributed by atoms with van der Waals surface area (Å²) in [6.07, 6.45) is -0.0597. The summed E-state index contributed by atoms with van der Waals surface area (Å²) >= 11 is 4.87. The lowest BCUT2D eigenvalue weighted by atomic mass is 10.1. The first-order valence-electron chi connectivity index (χ1n) is 6.36. The summed E-state index contributed by atoms with van der Waals surface area (Å²) in [6.45, 7) is 3.14. The van der Waals surface area contributed by atoms with E-state index in [0.717, 1.165) is 11.1 Å². The number of sulfonamides is 1. The molecule has 0 spiro atoms. The fourth-order valence-electron chi connectivity index (χ4n) is 2.11. The first-order chi connectivity index (χ1) is 9.38. The lowest BCUT2D eigenvalue weighted by Crippen LogP contribution is -2.44. The van der Waals surface area contributed by atoms with Gasteiger partial charge in [-0.05, 0) is 12.5 Å². The highest BCUT2D eigenvalue weighted by Crippen LogP contribution is 2.15. The Morgan fingerprint density at radius 1 is 1.45 bits per heavy atom. The molecule has 1 unspecified atom stereocenters. The van der Waals surface area contributed by atoms with Gasteiger partial charge in [-0.15, -0.1) is 0 Å². The lowest BCUT2D eigenvalue weighted by Gasteiger charge is -2.30. The van der Waals surface area contributed by atoms with Gasteiger partial charge in [0.1, 0.15) is 4.99 Å². The molecule has 1 fully saturated rings. The normalized spacial score (nSPS) is 20.8. The van der Waals surface area contributed by atoms with Crippen LogP contribution in [-0.4, -0.2) is 43.5 Å². The molecule has 1 aliphatic rings. The second-order valence-corrected chi connectivity index (χ2v) is 7.27. The van der Waals surface area contributed by atoms with Crippen molar-refractivity contribution in [2.75, 3.05) is 19.7 Å². The van der Waals surface area contributed by atoms with Crippen LogP contribution in [0.15, 0.2) is 24.3 Å². The maximum Gasteiger partial charge on any atom is 0.218 e. The number of hydrogen-bond acceptors (Lipinski definition) is 4. The van der Waals surface area contributed by atoms with Crippen LogP contribution in [0.25, 0.3) is 0 Å². The van der Waals surface area contributed by atoms with Gasteiger partial charge < -0.3 is 10.5 Å². The van der Waals surface area contributed by atoms with Crippen molar-refractivity contribution in [1.82, 2.24) is 4.31 Å². The van der Waals surface area contributed by atoms with Crippen molar-refractivity contribution >= 4 is 27.2 Å². The van der Waals surface area contributed by atoms with Crippen molar-refractivity contribution < 1.29 is 13.2 Å². The predicted molar refractivity (Wildman–Crippen MR) is 81.9 cm³/mol. The highest BCUT2D eigenvalue weighted by atomic mass is 32.2. The Balaban J connectivity index is 2.09. The van der Waals surface area contributed by atoms with E-state index in [2.05, 4.69) is 0 Å². The minimum atomic E-state index is -3.31. The van der Waals surface area contributed by atoms with Gasteiger partial charge in [-0.1, -0.05) is 36.5 Å².